The van der Waals surface area contributed by atoms with E-state index in [0.29, 0.717) is 44.8 Å². The number of aromatic nitrogens is 2. The molecule has 0 N–H and O–H groups in total. The average molecular weight is 426 g/mol. The Balaban J connectivity index is 1.14. The lowest BCUT2D eigenvalue weighted by molar-refractivity contribution is -0.137. The second-order valence-corrected chi connectivity index (χ2v) is 8.64. The number of carbonyl (C=O) groups is 2. The first-order valence-corrected chi connectivity index (χ1v) is 11.1. The van der Waals surface area contributed by atoms with Crippen LogP contribution in [0.3, 0.4) is 0 Å². The summed E-state index contributed by atoms with van der Waals surface area (Å²) in [5.41, 5.74) is 0.923. The molecule has 5 heterocycles. The maximum atomic E-state index is 13.0. The molecule has 0 spiro atoms. The molecule has 5 rings (SSSR count). The summed E-state index contributed by atoms with van der Waals surface area (Å²) in [4.78, 5) is 41.4. The van der Waals surface area contributed by atoms with Crippen LogP contribution in [0.15, 0.2) is 41.1 Å². The lowest BCUT2D eigenvalue weighted by Gasteiger charge is -2.38. The van der Waals surface area contributed by atoms with Gasteiger partial charge >= 0.3 is 0 Å². The van der Waals surface area contributed by atoms with E-state index in [2.05, 4.69) is 14.9 Å². The average Bonchev–Trinajstić information content (AvgIpc) is 3.48. The number of rotatable bonds is 3. The highest BCUT2D eigenvalue weighted by atomic mass is 32.1. The van der Waals surface area contributed by atoms with E-state index in [1.807, 2.05) is 17.0 Å². The maximum Gasteiger partial charge on any atom is 0.289 e. The number of piperidine rings is 1. The minimum atomic E-state index is -0.0927. The summed E-state index contributed by atoms with van der Waals surface area (Å²) in [6.45, 7) is 4.15. The number of pyridine rings is 1. The highest BCUT2D eigenvalue weighted by Gasteiger charge is 2.32. The van der Waals surface area contributed by atoms with Crippen LogP contribution in [-0.4, -0.2) is 70.9 Å². The summed E-state index contributed by atoms with van der Waals surface area (Å²) in [6, 6.07) is 7.27. The van der Waals surface area contributed by atoms with Crippen molar-refractivity contribution in [3.8, 4) is 0 Å². The van der Waals surface area contributed by atoms with Crippen molar-refractivity contribution >= 4 is 38.6 Å². The van der Waals surface area contributed by atoms with Crippen molar-refractivity contribution in [3.63, 3.8) is 0 Å². The molecule has 2 saturated heterocycles. The Morgan fingerprint density at radius 1 is 1.00 bits per heavy atom. The smallest absolute Gasteiger partial charge is 0.289 e. The Morgan fingerprint density at radius 2 is 1.80 bits per heavy atom. The van der Waals surface area contributed by atoms with Crippen molar-refractivity contribution in [2.24, 2.45) is 5.92 Å². The lowest BCUT2D eigenvalue weighted by Crippen LogP contribution is -2.52. The van der Waals surface area contributed by atoms with E-state index in [9.17, 15) is 9.59 Å². The molecule has 0 aliphatic carbocycles. The van der Waals surface area contributed by atoms with Crippen LogP contribution in [0.4, 0.5) is 5.13 Å². The van der Waals surface area contributed by atoms with Gasteiger partial charge in [-0.2, -0.15) is 0 Å². The number of thiazole rings is 1. The molecule has 3 aromatic heterocycles. The van der Waals surface area contributed by atoms with Gasteiger partial charge in [0.1, 0.15) is 10.3 Å². The van der Waals surface area contributed by atoms with E-state index < -0.39 is 0 Å². The van der Waals surface area contributed by atoms with Gasteiger partial charge in [-0.1, -0.05) is 11.3 Å². The predicted octanol–water partition coefficient (Wildman–Crippen LogP) is 2.49. The van der Waals surface area contributed by atoms with E-state index in [1.54, 1.807) is 34.6 Å². The van der Waals surface area contributed by atoms with Gasteiger partial charge in [0.05, 0.1) is 6.26 Å². The minimum absolute atomic E-state index is 0.0103. The van der Waals surface area contributed by atoms with E-state index in [-0.39, 0.29) is 17.7 Å². The first kappa shape index (κ1) is 19.0. The van der Waals surface area contributed by atoms with Crippen LogP contribution in [0.5, 0.6) is 0 Å². The zero-order valence-electron chi connectivity index (χ0n) is 16.6. The number of hydrogen-bond donors (Lipinski definition) is 0. The van der Waals surface area contributed by atoms with Gasteiger partial charge in [0.25, 0.3) is 5.91 Å². The van der Waals surface area contributed by atoms with Crippen molar-refractivity contribution in [2.75, 3.05) is 44.2 Å². The molecular formula is C21H23N5O3S. The number of likely N-dealkylation sites (tertiary alicyclic amines) is 1. The molecule has 0 atom stereocenters. The maximum absolute atomic E-state index is 13.0. The van der Waals surface area contributed by atoms with Gasteiger partial charge in [0, 0.05) is 51.4 Å². The van der Waals surface area contributed by atoms with Crippen LogP contribution < -0.4 is 4.90 Å². The van der Waals surface area contributed by atoms with Gasteiger partial charge in [0.2, 0.25) is 5.91 Å². The molecule has 2 aliphatic heterocycles. The summed E-state index contributed by atoms with van der Waals surface area (Å²) < 4.78 is 5.20. The summed E-state index contributed by atoms with van der Waals surface area (Å²) in [5, 5.41) is 0.973. The van der Waals surface area contributed by atoms with E-state index >= 15 is 0 Å². The Hall–Kier alpha value is -2.94. The summed E-state index contributed by atoms with van der Waals surface area (Å²) in [7, 11) is 0. The fourth-order valence-electron chi connectivity index (χ4n) is 4.16. The summed E-state index contributed by atoms with van der Waals surface area (Å²) >= 11 is 1.60. The molecule has 0 saturated carbocycles. The molecular weight excluding hydrogens is 402 g/mol. The predicted molar refractivity (Wildman–Crippen MR) is 114 cm³/mol. The highest BCUT2D eigenvalue weighted by Crippen LogP contribution is 2.28. The zero-order chi connectivity index (χ0) is 20.5. The molecule has 3 aromatic rings. The number of amides is 2. The number of furan rings is 1. The number of carbonyl (C=O) groups excluding carboxylic acids is 2. The standard InChI is InChI=1S/C21H23N5O3S/c27-19(15-5-8-24(9-6-15)20(28)17-4-2-14-29-17)25-10-12-26(13-11-25)21-23-16-3-1-7-22-18(16)30-21/h1-4,7,14-15H,5-6,8-13H2. The fourth-order valence-corrected chi connectivity index (χ4v) is 5.12. The Bertz CT molecular complexity index is 1000. The Morgan fingerprint density at radius 3 is 2.50 bits per heavy atom. The van der Waals surface area contributed by atoms with Crippen molar-refractivity contribution in [1.29, 1.82) is 0 Å². The van der Waals surface area contributed by atoms with Gasteiger partial charge in [-0.15, -0.1) is 0 Å². The minimum Gasteiger partial charge on any atom is -0.459 e. The third kappa shape index (κ3) is 3.65. The van der Waals surface area contributed by atoms with Crippen molar-refractivity contribution in [3.05, 3.63) is 42.5 Å². The monoisotopic (exact) mass is 425 g/mol. The topological polar surface area (TPSA) is 82.8 Å². The molecule has 2 amide bonds. The number of piperazine rings is 1. The summed E-state index contributed by atoms with van der Waals surface area (Å²) in [6.07, 6.45) is 4.70. The molecule has 0 aromatic carbocycles. The van der Waals surface area contributed by atoms with E-state index in [1.165, 1.54) is 6.26 Å². The van der Waals surface area contributed by atoms with Crippen LogP contribution in [0, 0.1) is 5.92 Å². The van der Waals surface area contributed by atoms with Gasteiger partial charge in [-0.05, 0) is 37.1 Å². The largest absolute Gasteiger partial charge is 0.459 e. The molecule has 8 nitrogen and oxygen atoms in total. The van der Waals surface area contributed by atoms with E-state index in [0.717, 1.165) is 28.6 Å². The first-order valence-electron chi connectivity index (χ1n) is 10.3. The van der Waals surface area contributed by atoms with Crippen molar-refractivity contribution < 1.29 is 14.0 Å². The number of fused-ring (bicyclic) bond motifs is 1. The molecule has 156 valence electrons. The molecule has 0 radical (unpaired) electrons. The molecule has 2 aliphatic rings. The van der Waals surface area contributed by atoms with Crippen LogP contribution in [0.1, 0.15) is 23.4 Å². The van der Waals surface area contributed by atoms with Crippen molar-refractivity contribution in [2.45, 2.75) is 12.8 Å². The SMILES string of the molecule is O=C(c1ccco1)N1CCC(C(=O)N2CCN(c3nc4cccnc4s3)CC2)CC1. The molecule has 0 unspecified atom stereocenters. The van der Waals surface area contributed by atoms with Crippen LogP contribution in [0.25, 0.3) is 10.3 Å². The Labute approximate surface area is 178 Å². The van der Waals surface area contributed by atoms with Gasteiger partial charge in [0.15, 0.2) is 10.9 Å². The quantitative estimate of drug-likeness (QED) is 0.641. The third-order valence-electron chi connectivity index (χ3n) is 5.88. The molecule has 30 heavy (non-hydrogen) atoms. The fraction of sp³-hybridized carbons (Fsp3) is 0.429. The Kier molecular flexibility index (Phi) is 5.12. The van der Waals surface area contributed by atoms with Crippen molar-refractivity contribution in [1.82, 2.24) is 19.8 Å². The van der Waals surface area contributed by atoms with Gasteiger partial charge < -0.3 is 19.1 Å². The number of nitrogens with zero attached hydrogens (tertiary/aromatic N) is 5. The highest BCUT2D eigenvalue weighted by molar-refractivity contribution is 7.21. The third-order valence-corrected chi connectivity index (χ3v) is 6.92. The summed E-state index contributed by atoms with van der Waals surface area (Å²) in [5.74, 6) is 0.473. The van der Waals surface area contributed by atoms with Crippen LogP contribution in [-0.2, 0) is 4.79 Å². The van der Waals surface area contributed by atoms with Gasteiger partial charge in [-0.25, -0.2) is 9.97 Å². The first-order chi connectivity index (χ1) is 14.7. The number of anilines is 1. The second-order valence-electron chi connectivity index (χ2n) is 7.68. The molecule has 0 bridgehead atoms. The molecule has 2 fully saturated rings. The van der Waals surface area contributed by atoms with Crippen LogP contribution >= 0.6 is 11.3 Å². The lowest BCUT2D eigenvalue weighted by atomic mass is 9.94. The normalized spacial score (nSPS) is 18.2. The molecule has 9 heteroatoms. The van der Waals surface area contributed by atoms with Gasteiger partial charge in [-0.3, -0.25) is 9.59 Å². The van der Waals surface area contributed by atoms with Crippen LogP contribution in [0.2, 0.25) is 0 Å². The zero-order valence-corrected chi connectivity index (χ0v) is 17.4. The number of hydrogen-bond acceptors (Lipinski definition) is 7. The second kappa shape index (κ2) is 8.06. The van der Waals surface area contributed by atoms with E-state index in [4.69, 9.17) is 4.42 Å².